The molecule has 1 aromatic carbocycles. The first-order valence-corrected chi connectivity index (χ1v) is 6.81. The number of nitrogens with zero attached hydrogens (tertiary/aromatic N) is 2. The van der Waals surface area contributed by atoms with Gasteiger partial charge in [-0.3, -0.25) is 0 Å². The number of pyridine rings is 1. The molecule has 0 atom stereocenters. The highest BCUT2D eigenvalue weighted by Crippen LogP contribution is 2.40. The van der Waals surface area contributed by atoms with Crippen LogP contribution in [0.25, 0.3) is 0 Å². The van der Waals surface area contributed by atoms with Crippen LogP contribution in [0.1, 0.15) is 35.6 Å². The van der Waals surface area contributed by atoms with Crippen LogP contribution < -0.4 is 5.32 Å². The van der Waals surface area contributed by atoms with E-state index < -0.39 is 11.7 Å². The van der Waals surface area contributed by atoms with Gasteiger partial charge in [-0.05, 0) is 42.5 Å². The fourth-order valence-electron chi connectivity index (χ4n) is 2.21. The van der Waals surface area contributed by atoms with Crippen LogP contribution in [0, 0.1) is 11.3 Å². The molecule has 3 rings (SSSR count). The molecule has 0 aliphatic heterocycles. The molecule has 1 aliphatic carbocycles. The lowest BCUT2D eigenvalue weighted by Gasteiger charge is -2.12. The molecule has 0 spiro atoms. The molecule has 0 amide bonds. The minimum atomic E-state index is -4.49. The summed E-state index contributed by atoms with van der Waals surface area (Å²) in [7, 11) is 0. The fraction of sp³-hybridized carbons (Fsp3) is 0.250. The number of anilines is 2. The highest BCUT2D eigenvalue weighted by molar-refractivity contribution is 5.65. The monoisotopic (exact) mass is 303 g/mol. The molecule has 1 aliphatic rings. The molecule has 1 heterocycles. The molecule has 2 aromatic rings. The van der Waals surface area contributed by atoms with E-state index in [9.17, 15) is 13.2 Å². The molecule has 1 saturated carbocycles. The van der Waals surface area contributed by atoms with Crippen LogP contribution in [0.3, 0.4) is 0 Å². The van der Waals surface area contributed by atoms with Gasteiger partial charge >= 0.3 is 6.18 Å². The van der Waals surface area contributed by atoms with E-state index in [-0.39, 0.29) is 11.4 Å². The van der Waals surface area contributed by atoms with Crippen molar-refractivity contribution < 1.29 is 13.2 Å². The van der Waals surface area contributed by atoms with Crippen molar-refractivity contribution in [1.82, 2.24) is 4.98 Å². The predicted molar refractivity (Wildman–Crippen MR) is 75.7 cm³/mol. The van der Waals surface area contributed by atoms with Gasteiger partial charge in [0.15, 0.2) is 5.69 Å². The molecule has 1 aromatic heterocycles. The lowest BCUT2D eigenvalue weighted by atomic mass is 10.1. The zero-order valence-corrected chi connectivity index (χ0v) is 11.5. The van der Waals surface area contributed by atoms with Gasteiger partial charge in [0.25, 0.3) is 0 Å². The van der Waals surface area contributed by atoms with Crippen LogP contribution in [-0.2, 0) is 6.18 Å². The predicted octanol–water partition coefficient (Wildman–Crippen LogP) is 4.59. The summed E-state index contributed by atoms with van der Waals surface area (Å²) in [5, 5.41) is 11.8. The topological polar surface area (TPSA) is 48.7 Å². The molecular formula is C16H12F3N3. The van der Waals surface area contributed by atoms with Gasteiger partial charge in [0.1, 0.15) is 6.07 Å². The van der Waals surface area contributed by atoms with Crippen molar-refractivity contribution in [2.45, 2.75) is 24.9 Å². The zero-order chi connectivity index (χ0) is 15.7. The van der Waals surface area contributed by atoms with Gasteiger partial charge in [0.2, 0.25) is 0 Å². The van der Waals surface area contributed by atoms with Crippen molar-refractivity contribution in [1.29, 1.82) is 5.26 Å². The van der Waals surface area contributed by atoms with Gasteiger partial charge in [-0.2, -0.15) is 18.4 Å². The Balaban J connectivity index is 1.88. The fourth-order valence-corrected chi connectivity index (χ4v) is 2.21. The average molecular weight is 303 g/mol. The molecule has 1 fully saturated rings. The first-order chi connectivity index (χ1) is 10.5. The summed E-state index contributed by atoms with van der Waals surface area (Å²) in [5.74, 6) is 0.610. The number of rotatable bonds is 3. The number of nitriles is 1. The Kier molecular flexibility index (Phi) is 3.49. The van der Waals surface area contributed by atoms with Crippen LogP contribution in [0.5, 0.6) is 0 Å². The van der Waals surface area contributed by atoms with Crippen molar-refractivity contribution in [3.63, 3.8) is 0 Å². The summed E-state index contributed by atoms with van der Waals surface area (Å²) in [6, 6.07) is 10.2. The minimum Gasteiger partial charge on any atom is -0.353 e. The maximum atomic E-state index is 12.7. The number of benzene rings is 1. The van der Waals surface area contributed by atoms with E-state index in [4.69, 9.17) is 5.26 Å². The number of alkyl halides is 3. The number of hydrogen-bond acceptors (Lipinski definition) is 3. The lowest BCUT2D eigenvalue weighted by Crippen LogP contribution is -2.07. The Morgan fingerprint density at radius 1 is 1.18 bits per heavy atom. The van der Waals surface area contributed by atoms with Gasteiger partial charge in [-0.25, -0.2) is 4.98 Å². The molecule has 0 unspecified atom stereocenters. The third-order valence-corrected chi connectivity index (χ3v) is 3.56. The Bertz CT molecular complexity index is 726. The molecule has 6 heteroatoms. The van der Waals surface area contributed by atoms with Crippen LogP contribution in [0.15, 0.2) is 36.5 Å². The number of halogens is 3. The Morgan fingerprint density at radius 3 is 2.41 bits per heavy atom. The second-order valence-electron chi connectivity index (χ2n) is 5.25. The Labute approximate surface area is 125 Å². The van der Waals surface area contributed by atoms with E-state index in [1.807, 2.05) is 12.1 Å². The van der Waals surface area contributed by atoms with Gasteiger partial charge in [0.05, 0.1) is 11.3 Å². The summed E-state index contributed by atoms with van der Waals surface area (Å²) in [6.07, 6.45) is -1.46. The highest BCUT2D eigenvalue weighted by atomic mass is 19.4. The van der Waals surface area contributed by atoms with Crippen LogP contribution >= 0.6 is 0 Å². The first-order valence-electron chi connectivity index (χ1n) is 6.81. The summed E-state index contributed by atoms with van der Waals surface area (Å²) in [6.45, 7) is 0. The smallest absolute Gasteiger partial charge is 0.353 e. The van der Waals surface area contributed by atoms with Crippen LogP contribution in [0.4, 0.5) is 24.5 Å². The van der Waals surface area contributed by atoms with E-state index in [2.05, 4.69) is 10.3 Å². The van der Waals surface area contributed by atoms with Gasteiger partial charge in [0, 0.05) is 11.9 Å². The van der Waals surface area contributed by atoms with Gasteiger partial charge < -0.3 is 5.32 Å². The maximum absolute atomic E-state index is 12.7. The average Bonchev–Trinajstić information content (AvgIpc) is 3.32. The van der Waals surface area contributed by atoms with E-state index >= 15 is 0 Å². The van der Waals surface area contributed by atoms with E-state index in [0.29, 0.717) is 17.8 Å². The summed E-state index contributed by atoms with van der Waals surface area (Å²) < 4.78 is 38.2. The van der Waals surface area contributed by atoms with E-state index in [1.165, 1.54) is 18.4 Å². The standard InChI is InChI=1S/C16H12F3N3/c17-16(18,19)12-7-14(15(8-20)21-9-12)22-13-5-3-11(4-6-13)10-1-2-10/h3-7,9-10,22H,1-2H2. The highest BCUT2D eigenvalue weighted by Gasteiger charge is 2.31. The lowest BCUT2D eigenvalue weighted by molar-refractivity contribution is -0.137. The Morgan fingerprint density at radius 2 is 1.86 bits per heavy atom. The quantitative estimate of drug-likeness (QED) is 0.902. The number of aromatic nitrogens is 1. The third-order valence-electron chi connectivity index (χ3n) is 3.56. The molecular weight excluding hydrogens is 291 g/mol. The Hall–Kier alpha value is -2.55. The van der Waals surface area contributed by atoms with Crippen molar-refractivity contribution in [2.75, 3.05) is 5.32 Å². The zero-order valence-electron chi connectivity index (χ0n) is 11.5. The summed E-state index contributed by atoms with van der Waals surface area (Å²) in [5.41, 5.74) is 0.953. The second kappa shape index (κ2) is 5.34. The van der Waals surface area contributed by atoms with Crippen molar-refractivity contribution >= 4 is 11.4 Å². The molecule has 3 nitrogen and oxygen atoms in total. The van der Waals surface area contributed by atoms with Gasteiger partial charge in [-0.1, -0.05) is 12.1 Å². The molecule has 1 N–H and O–H groups in total. The van der Waals surface area contributed by atoms with Crippen molar-refractivity contribution in [3.8, 4) is 6.07 Å². The van der Waals surface area contributed by atoms with Crippen LogP contribution in [-0.4, -0.2) is 4.98 Å². The van der Waals surface area contributed by atoms with E-state index in [1.54, 1.807) is 18.2 Å². The summed E-state index contributed by atoms with van der Waals surface area (Å²) in [4.78, 5) is 3.57. The minimum absolute atomic E-state index is 0.0523. The van der Waals surface area contributed by atoms with Crippen LogP contribution in [0.2, 0.25) is 0 Å². The molecule has 0 saturated heterocycles. The molecule has 0 bridgehead atoms. The number of nitrogens with one attached hydrogen (secondary N) is 1. The van der Waals surface area contributed by atoms with Crippen molar-refractivity contribution in [3.05, 3.63) is 53.3 Å². The first kappa shape index (κ1) is 14.4. The SMILES string of the molecule is N#Cc1ncc(C(F)(F)F)cc1Nc1ccc(C2CC2)cc1. The van der Waals surface area contributed by atoms with Crippen molar-refractivity contribution in [2.24, 2.45) is 0 Å². The van der Waals surface area contributed by atoms with Gasteiger partial charge in [-0.15, -0.1) is 0 Å². The normalized spacial score (nSPS) is 14.5. The molecule has 112 valence electrons. The second-order valence-corrected chi connectivity index (χ2v) is 5.25. The molecule has 0 radical (unpaired) electrons. The number of hydrogen-bond donors (Lipinski definition) is 1. The largest absolute Gasteiger partial charge is 0.417 e. The molecule has 22 heavy (non-hydrogen) atoms. The third kappa shape index (κ3) is 3.03. The summed E-state index contributed by atoms with van der Waals surface area (Å²) >= 11 is 0. The van der Waals surface area contributed by atoms with E-state index in [0.717, 1.165) is 6.07 Å². The maximum Gasteiger partial charge on any atom is 0.417 e.